The first-order valence-corrected chi connectivity index (χ1v) is 10.2. The first-order chi connectivity index (χ1) is 15.8. The fraction of sp³-hybridized carbons (Fsp3) is 0. The molecule has 1 amide bonds. The molecule has 0 saturated carbocycles. The van der Waals surface area contributed by atoms with Crippen molar-refractivity contribution in [1.82, 2.24) is 15.0 Å². The van der Waals surface area contributed by atoms with Crippen molar-refractivity contribution in [3.05, 3.63) is 109 Å². The molecule has 0 aliphatic rings. The van der Waals surface area contributed by atoms with Crippen LogP contribution in [0.3, 0.4) is 0 Å². The van der Waals surface area contributed by atoms with Gasteiger partial charge in [0.1, 0.15) is 12.1 Å². The van der Waals surface area contributed by atoms with E-state index in [2.05, 4.69) is 25.6 Å². The molecule has 0 radical (unpaired) electrons. The van der Waals surface area contributed by atoms with Crippen molar-refractivity contribution in [3.63, 3.8) is 0 Å². The SMILES string of the molecule is O=C(Nc1cc(-c2ccc(Nc3ccccc3)cc2)ncn1)c1ccnc2ccccc12. The van der Waals surface area contributed by atoms with E-state index in [0.29, 0.717) is 11.4 Å². The number of nitrogens with one attached hydrogen (secondary N) is 2. The zero-order valence-corrected chi connectivity index (χ0v) is 17.1. The molecular formula is C26H19N5O. The van der Waals surface area contributed by atoms with Gasteiger partial charge in [-0.1, -0.05) is 48.5 Å². The third kappa shape index (κ3) is 4.15. The average Bonchev–Trinajstić information content (AvgIpc) is 2.85. The highest BCUT2D eigenvalue weighted by Crippen LogP contribution is 2.24. The number of pyridine rings is 1. The topological polar surface area (TPSA) is 79.8 Å². The van der Waals surface area contributed by atoms with Crippen LogP contribution < -0.4 is 10.6 Å². The van der Waals surface area contributed by atoms with Gasteiger partial charge in [0.2, 0.25) is 0 Å². The second-order valence-electron chi connectivity index (χ2n) is 7.19. The molecule has 32 heavy (non-hydrogen) atoms. The van der Waals surface area contributed by atoms with Gasteiger partial charge >= 0.3 is 0 Å². The predicted octanol–water partition coefficient (Wildman–Crippen LogP) is 5.69. The van der Waals surface area contributed by atoms with E-state index >= 15 is 0 Å². The zero-order valence-electron chi connectivity index (χ0n) is 17.1. The molecule has 6 heteroatoms. The molecule has 3 aromatic carbocycles. The molecule has 0 saturated heterocycles. The van der Waals surface area contributed by atoms with Gasteiger partial charge in [-0.15, -0.1) is 0 Å². The average molecular weight is 417 g/mol. The van der Waals surface area contributed by atoms with Crippen LogP contribution >= 0.6 is 0 Å². The van der Waals surface area contributed by atoms with Crippen LogP contribution in [0.2, 0.25) is 0 Å². The van der Waals surface area contributed by atoms with Crippen LogP contribution in [0.1, 0.15) is 10.4 Å². The number of amides is 1. The van der Waals surface area contributed by atoms with Crippen LogP contribution in [0.5, 0.6) is 0 Å². The van der Waals surface area contributed by atoms with E-state index in [4.69, 9.17) is 0 Å². The second kappa shape index (κ2) is 8.65. The van der Waals surface area contributed by atoms with E-state index in [-0.39, 0.29) is 5.91 Å². The van der Waals surface area contributed by atoms with Gasteiger partial charge in [0, 0.05) is 34.6 Å². The monoisotopic (exact) mass is 417 g/mol. The predicted molar refractivity (Wildman–Crippen MR) is 127 cm³/mol. The molecular weight excluding hydrogens is 398 g/mol. The zero-order chi connectivity index (χ0) is 21.8. The van der Waals surface area contributed by atoms with E-state index in [1.807, 2.05) is 78.9 Å². The number of hydrogen-bond acceptors (Lipinski definition) is 5. The molecule has 154 valence electrons. The number of fused-ring (bicyclic) bond motifs is 1. The number of aromatic nitrogens is 3. The number of benzene rings is 3. The normalized spacial score (nSPS) is 10.6. The number of rotatable bonds is 5. The molecule has 5 rings (SSSR count). The highest BCUT2D eigenvalue weighted by Gasteiger charge is 2.12. The second-order valence-corrected chi connectivity index (χ2v) is 7.19. The number of nitrogens with zero attached hydrogens (tertiary/aromatic N) is 3. The molecule has 5 aromatic rings. The molecule has 0 bridgehead atoms. The summed E-state index contributed by atoms with van der Waals surface area (Å²) in [4.78, 5) is 25.8. The Morgan fingerprint density at radius 2 is 1.47 bits per heavy atom. The van der Waals surface area contributed by atoms with Gasteiger partial charge in [-0.3, -0.25) is 9.78 Å². The molecule has 2 N–H and O–H groups in total. The van der Waals surface area contributed by atoms with Crippen molar-refractivity contribution in [2.24, 2.45) is 0 Å². The molecule has 0 atom stereocenters. The summed E-state index contributed by atoms with van der Waals surface area (Å²) >= 11 is 0. The van der Waals surface area contributed by atoms with Crippen LogP contribution in [-0.4, -0.2) is 20.9 Å². The van der Waals surface area contributed by atoms with E-state index in [1.54, 1.807) is 18.3 Å². The Kier molecular flexibility index (Phi) is 5.24. The lowest BCUT2D eigenvalue weighted by molar-refractivity contribution is 0.102. The lowest BCUT2D eigenvalue weighted by atomic mass is 10.1. The number of carbonyl (C=O) groups is 1. The van der Waals surface area contributed by atoms with Gasteiger partial charge in [0.15, 0.2) is 0 Å². The summed E-state index contributed by atoms with van der Waals surface area (Å²) in [5.74, 6) is 0.197. The lowest BCUT2D eigenvalue weighted by Gasteiger charge is -2.09. The largest absolute Gasteiger partial charge is 0.356 e. The Labute approximate surface area is 185 Å². The maximum absolute atomic E-state index is 12.9. The Morgan fingerprint density at radius 3 is 2.31 bits per heavy atom. The maximum atomic E-state index is 12.9. The number of hydrogen-bond donors (Lipinski definition) is 2. The van der Waals surface area contributed by atoms with Crippen LogP contribution in [-0.2, 0) is 0 Å². The van der Waals surface area contributed by atoms with Gasteiger partial charge in [-0.2, -0.15) is 0 Å². The first-order valence-electron chi connectivity index (χ1n) is 10.2. The Balaban J connectivity index is 1.35. The van der Waals surface area contributed by atoms with E-state index in [0.717, 1.165) is 33.5 Å². The van der Waals surface area contributed by atoms with Crippen molar-refractivity contribution in [2.45, 2.75) is 0 Å². The molecule has 0 aliphatic heterocycles. The van der Waals surface area contributed by atoms with Crippen molar-refractivity contribution < 1.29 is 4.79 Å². The van der Waals surface area contributed by atoms with E-state index < -0.39 is 0 Å². The quantitative estimate of drug-likeness (QED) is 0.384. The fourth-order valence-corrected chi connectivity index (χ4v) is 3.47. The third-order valence-electron chi connectivity index (χ3n) is 5.05. The smallest absolute Gasteiger partial charge is 0.257 e. The summed E-state index contributed by atoms with van der Waals surface area (Å²) in [6.45, 7) is 0. The summed E-state index contributed by atoms with van der Waals surface area (Å²) in [5.41, 5.74) is 4.97. The lowest BCUT2D eigenvalue weighted by Crippen LogP contribution is -2.13. The molecule has 2 aromatic heterocycles. The van der Waals surface area contributed by atoms with Gasteiger partial charge in [-0.05, 0) is 36.4 Å². The fourth-order valence-electron chi connectivity index (χ4n) is 3.47. The highest BCUT2D eigenvalue weighted by atomic mass is 16.1. The first kappa shape index (κ1) is 19.4. The van der Waals surface area contributed by atoms with Gasteiger partial charge < -0.3 is 10.6 Å². The summed E-state index contributed by atoms with van der Waals surface area (Å²) in [7, 11) is 0. The van der Waals surface area contributed by atoms with E-state index in [1.165, 1.54) is 6.33 Å². The Hall–Kier alpha value is -4.58. The molecule has 0 unspecified atom stereocenters. The minimum atomic E-state index is -0.240. The minimum absolute atomic E-state index is 0.240. The molecule has 0 fully saturated rings. The summed E-state index contributed by atoms with van der Waals surface area (Å²) in [5, 5.41) is 7.03. The number of anilines is 3. The van der Waals surface area contributed by atoms with Crippen LogP contribution in [0.15, 0.2) is 104 Å². The van der Waals surface area contributed by atoms with Crippen LogP contribution in [0, 0.1) is 0 Å². The van der Waals surface area contributed by atoms with Gasteiger partial charge in [-0.25, -0.2) is 9.97 Å². The third-order valence-corrected chi connectivity index (χ3v) is 5.05. The number of carbonyl (C=O) groups excluding carboxylic acids is 1. The number of para-hydroxylation sites is 2. The highest BCUT2D eigenvalue weighted by molar-refractivity contribution is 6.12. The molecule has 0 spiro atoms. The molecule has 2 heterocycles. The molecule has 6 nitrogen and oxygen atoms in total. The summed E-state index contributed by atoms with van der Waals surface area (Å²) in [6, 6.07) is 29.0. The van der Waals surface area contributed by atoms with E-state index in [9.17, 15) is 4.79 Å². The van der Waals surface area contributed by atoms with Crippen LogP contribution in [0.4, 0.5) is 17.2 Å². The van der Waals surface area contributed by atoms with Gasteiger partial charge in [0.05, 0.1) is 16.8 Å². The van der Waals surface area contributed by atoms with Crippen molar-refractivity contribution in [1.29, 1.82) is 0 Å². The Morgan fingerprint density at radius 1 is 0.719 bits per heavy atom. The maximum Gasteiger partial charge on any atom is 0.257 e. The summed E-state index contributed by atoms with van der Waals surface area (Å²) < 4.78 is 0. The van der Waals surface area contributed by atoms with Gasteiger partial charge in [0.25, 0.3) is 5.91 Å². The van der Waals surface area contributed by atoms with Crippen molar-refractivity contribution in [3.8, 4) is 11.3 Å². The van der Waals surface area contributed by atoms with Crippen molar-refractivity contribution in [2.75, 3.05) is 10.6 Å². The Bertz CT molecular complexity index is 1380. The molecule has 0 aliphatic carbocycles. The summed E-state index contributed by atoms with van der Waals surface area (Å²) in [6.07, 6.45) is 3.08. The minimum Gasteiger partial charge on any atom is -0.356 e. The van der Waals surface area contributed by atoms with Crippen LogP contribution in [0.25, 0.3) is 22.2 Å². The van der Waals surface area contributed by atoms with Crippen molar-refractivity contribution >= 4 is 34.0 Å². The standard InChI is InChI=1S/C26H19N5O/c32-26(22-14-15-27-23-9-5-4-8-21(22)23)31-25-16-24(28-17-29-25)18-10-12-20(13-11-18)30-19-6-2-1-3-7-19/h1-17,30H,(H,28,29,31,32).